The minimum atomic E-state index is -0.734. The van der Waals surface area contributed by atoms with E-state index in [0.717, 1.165) is 35.7 Å². The third kappa shape index (κ3) is 3.83. The van der Waals surface area contributed by atoms with Crippen molar-refractivity contribution in [3.63, 3.8) is 0 Å². The van der Waals surface area contributed by atoms with E-state index < -0.39 is 5.60 Å². The van der Waals surface area contributed by atoms with Crippen molar-refractivity contribution in [2.24, 2.45) is 0 Å². The monoisotopic (exact) mass is 339 g/mol. The van der Waals surface area contributed by atoms with Crippen LogP contribution in [-0.4, -0.2) is 23.2 Å². The van der Waals surface area contributed by atoms with Gasteiger partial charge in [0.05, 0.1) is 11.2 Å². The van der Waals surface area contributed by atoms with Crippen LogP contribution in [0.1, 0.15) is 54.4 Å². The molecule has 0 aliphatic heterocycles. The normalized spacial score (nSPS) is 18.4. The van der Waals surface area contributed by atoms with E-state index >= 15 is 0 Å². The van der Waals surface area contributed by atoms with Gasteiger partial charge in [-0.25, -0.2) is 0 Å². The van der Waals surface area contributed by atoms with E-state index in [0.29, 0.717) is 12.1 Å². The van der Waals surface area contributed by atoms with E-state index in [2.05, 4.69) is 21.2 Å². The summed E-state index contributed by atoms with van der Waals surface area (Å²) in [7, 11) is 0. The fourth-order valence-corrected chi connectivity index (χ4v) is 3.17. The minimum absolute atomic E-state index is 0.127. The molecule has 1 aromatic carbocycles. The van der Waals surface area contributed by atoms with Crippen LogP contribution in [0, 0.1) is 6.92 Å². The lowest BCUT2D eigenvalue weighted by Crippen LogP contribution is -2.42. The molecule has 20 heavy (non-hydrogen) atoms. The zero-order valence-electron chi connectivity index (χ0n) is 11.9. The number of hydrogen-bond donors (Lipinski definition) is 2. The highest BCUT2D eigenvalue weighted by Gasteiger charge is 2.28. The fraction of sp³-hybridized carbons (Fsp3) is 0.562. The van der Waals surface area contributed by atoms with Crippen molar-refractivity contribution >= 4 is 21.8 Å². The summed E-state index contributed by atoms with van der Waals surface area (Å²) >= 11 is 3.45. The van der Waals surface area contributed by atoms with Gasteiger partial charge in [-0.3, -0.25) is 4.79 Å². The molecule has 0 heterocycles. The number of carbonyl (C=O) groups excluding carboxylic acids is 1. The molecule has 0 radical (unpaired) electrons. The molecule has 1 aliphatic carbocycles. The molecule has 0 bridgehead atoms. The van der Waals surface area contributed by atoms with E-state index in [1.807, 2.05) is 19.1 Å². The molecule has 0 unspecified atom stereocenters. The lowest BCUT2D eigenvalue weighted by Gasteiger charge is -2.27. The van der Waals surface area contributed by atoms with Crippen LogP contribution in [0.5, 0.6) is 0 Å². The summed E-state index contributed by atoms with van der Waals surface area (Å²) in [6.45, 7) is 2.30. The van der Waals surface area contributed by atoms with Gasteiger partial charge in [0.1, 0.15) is 0 Å². The maximum Gasteiger partial charge on any atom is 0.252 e. The maximum absolute atomic E-state index is 12.2. The smallest absolute Gasteiger partial charge is 0.252 e. The summed E-state index contributed by atoms with van der Waals surface area (Å²) in [6, 6.07) is 5.62. The van der Waals surface area contributed by atoms with Gasteiger partial charge in [0.2, 0.25) is 0 Å². The first-order chi connectivity index (χ1) is 9.52. The van der Waals surface area contributed by atoms with Crippen LogP contribution in [0.2, 0.25) is 0 Å². The van der Waals surface area contributed by atoms with Gasteiger partial charge in [-0.05, 0) is 47.3 Å². The molecule has 0 atom stereocenters. The number of amides is 1. The average Bonchev–Trinajstić information content (AvgIpc) is 2.65. The number of rotatable bonds is 3. The molecular weight excluding hydrogens is 318 g/mol. The molecule has 2 N–H and O–H groups in total. The molecule has 1 aliphatic rings. The van der Waals surface area contributed by atoms with Crippen LogP contribution in [0.25, 0.3) is 0 Å². The number of aryl methyl sites for hydroxylation is 1. The first kappa shape index (κ1) is 15.5. The highest BCUT2D eigenvalue weighted by atomic mass is 79.9. The van der Waals surface area contributed by atoms with Gasteiger partial charge < -0.3 is 10.4 Å². The molecule has 0 aromatic heterocycles. The van der Waals surface area contributed by atoms with Crippen molar-refractivity contribution in [1.29, 1.82) is 0 Å². The Kier molecular flexibility index (Phi) is 5.22. The predicted molar refractivity (Wildman–Crippen MR) is 83.9 cm³/mol. The van der Waals surface area contributed by atoms with Gasteiger partial charge in [-0.1, -0.05) is 37.8 Å². The summed E-state index contributed by atoms with van der Waals surface area (Å²) < 4.78 is 0.824. The second kappa shape index (κ2) is 6.72. The Morgan fingerprint density at radius 3 is 2.60 bits per heavy atom. The Balaban J connectivity index is 1.99. The van der Waals surface area contributed by atoms with Crippen LogP contribution in [0.3, 0.4) is 0 Å². The van der Waals surface area contributed by atoms with Gasteiger partial charge in [0, 0.05) is 11.0 Å². The molecule has 1 aromatic rings. The molecule has 1 saturated carbocycles. The lowest BCUT2D eigenvalue weighted by atomic mass is 9.94. The Morgan fingerprint density at radius 2 is 1.95 bits per heavy atom. The third-order valence-corrected chi connectivity index (χ3v) is 5.10. The highest BCUT2D eigenvalue weighted by Crippen LogP contribution is 2.27. The number of hydrogen-bond acceptors (Lipinski definition) is 2. The van der Waals surface area contributed by atoms with E-state index in [1.165, 1.54) is 12.8 Å². The largest absolute Gasteiger partial charge is 0.388 e. The number of halogens is 1. The van der Waals surface area contributed by atoms with Crippen molar-refractivity contribution in [1.82, 2.24) is 5.32 Å². The zero-order chi connectivity index (χ0) is 14.6. The van der Waals surface area contributed by atoms with E-state index in [1.54, 1.807) is 6.07 Å². The fourth-order valence-electron chi connectivity index (χ4n) is 2.73. The topological polar surface area (TPSA) is 49.3 Å². The van der Waals surface area contributed by atoms with Crippen LogP contribution >= 0.6 is 15.9 Å². The van der Waals surface area contributed by atoms with Crippen LogP contribution in [0.4, 0.5) is 0 Å². The Morgan fingerprint density at radius 1 is 1.30 bits per heavy atom. The second-order valence-corrected chi connectivity index (χ2v) is 6.55. The van der Waals surface area contributed by atoms with Gasteiger partial charge in [-0.15, -0.1) is 0 Å². The highest BCUT2D eigenvalue weighted by molar-refractivity contribution is 9.10. The van der Waals surface area contributed by atoms with Crippen molar-refractivity contribution in [3.05, 3.63) is 33.8 Å². The van der Waals surface area contributed by atoms with Crippen molar-refractivity contribution in [2.45, 2.75) is 51.0 Å². The van der Waals surface area contributed by atoms with E-state index in [4.69, 9.17) is 0 Å². The first-order valence-corrected chi connectivity index (χ1v) is 8.07. The van der Waals surface area contributed by atoms with Crippen LogP contribution in [0.15, 0.2) is 22.7 Å². The summed E-state index contributed by atoms with van der Waals surface area (Å²) in [4.78, 5) is 12.2. The molecular formula is C16H22BrNO2. The Labute approximate surface area is 128 Å². The van der Waals surface area contributed by atoms with Crippen LogP contribution < -0.4 is 5.32 Å². The van der Waals surface area contributed by atoms with Crippen molar-refractivity contribution in [3.8, 4) is 0 Å². The van der Waals surface area contributed by atoms with Gasteiger partial charge >= 0.3 is 0 Å². The summed E-state index contributed by atoms with van der Waals surface area (Å²) in [6.07, 6.45) is 6.00. The number of carbonyl (C=O) groups is 1. The van der Waals surface area contributed by atoms with Crippen LogP contribution in [-0.2, 0) is 0 Å². The molecule has 1 amide bonds. The summed E-state index contributed by atoms with van der Waals surface area (Å²) in [5.74, 6) is -0.127. The molecule has 1 fully saturated rings. The van der Waals surface area contributed by atoms with Gasteiger partial charge in [-0.2, -0.15) is 0 Å². The number of aliphatic hydroxyl groups is 1. The molecule has 2 rings (SSSR count). The second-order valence-electron chi connectivity index (χ2n) is 5.76. The van der Waals surface area contributed by atoms with Gasteiger partial charge in [0.25, 0.3) is 5.91 Å². The molecule has 0 spiro atoms. The standard InChI is InChI=1S/C16H22BrNO2/c1-12-7-6-8-13(14(12)17)15(19)18-11-16(20)9-4-2-3-5-10-16/h6-8,20H,2-5,9-11H2,1H3,(H,18,19). The van der Waals surface area contributed by atoms with Crippen molar-refractivity contribution < 1.29 is 9.90 Å². The predicted octanol–water partition coefficient (Wildman–Crippen LogP) is 3.57. The average molecular weight is 340 g/mol. The van der Waals surface area contributed by atoms with E-state index in [9.17, 15) is 9.90 Å². The SMILES string of the molecule is Cc1cccc(C(=O)NCC2(O)CCCCCC2)c1Br. The lowest BCUT2D eigenvalue weighted by molar-refractivity contribution is 0.0246. The first-order valence-electron chi connectivity index (χ1n) is 7.27. The summed E-state index contributed by atoms with van der Waals surface area (Å²) in [5.41, 5.74) is 0.927. The molecule has 0 saturated heterocycles. The third-order valence-electron chi connectivity index (χ3n) is 4.05. The Bertz CT molecular complexity index is 479. The molecule has 3 nitrogen and oxygen atoms in total. The zero-order valence-corrected chi connectivity index (χ0v) is 13.5. The number of benzene rings is 1. The summed E-state index contributed by atoms with van der Waals surface area (Å²) in [5, 5.41) is 13.4. The quantitative estimate of drug-likeness (QED) is 0.827. The van der Waals surface area contributed by atoms with Crippen molar-refractivity contribution in [2.75, 3.05) is 6.54 Å². The minimum Gasteiger partial charge on any atom is -0.388 e. The number of nitrogens with one attached hydrogen (secondary N) is 1. The maximum atomic E-state index is 12.2. The molecule has 110 valence electrons. The Hall–Kier alpha value is -0.870. The van der Waals surface area contributed by atoms with E-state index in [-0.39, 0.29) is 5.91 Å². The molecule has 4 heteroatoms. The van der Waals surface area contributed by atoms with Gasteiger partial charge in [0.15, 0.2) is 0 Å².